The Morgan fingerprint density at radius 2 is 2.06 bits per heavy atom. The van der Waals surface area contributed by atoms with Crippen LogP contribution in [0.5, 0.6) is 0 Å². The lowest BCUT2D eigenvalue weighted by Gasteiger charge is -2.37. The summed E-state index contributed by atoms with van der Waals surface area (Å²) in [5, 5.41) is 0. The number of rotatable bonds is 2. The quantitative estimate of drug-likeness (QED) is 0.821. The molecule has 0 amide bonds. The zero-order valence-corrected chi connectivity index (χ0v) is 10.1. The molecule has 0 radical (unpaired) electrons. The smallest absolute Gasteiger partial charge is 0.225 e. The van der Waals surface area contributed by atoms with E-state index in [0.717, 1.165) is 18.1 Å². The number of nitrogens with zero attached hydrogens (tertiary/aromatic N) is 3. The van der Waals surface area contributed by atoms with Gasteiger partial charge in [0.2, 0.25) is 5.95 Å². The number of hydrogen-bond acceptors (Lipinski definition) is 4. The molecule has 0 aliphatic carbocycles. The van der Waals surface area contributed by atoms with E-state index in [-0.39, 0.29) is 0 Å². The normalized spacial score (nSPS) is 25.8. The maximum atomic E-state index is 5.53. The van der Waals surface area contributed by atoms with Gasteiger partial charge in [-0.2, -0.15) is 0 Å². The molecule has 2 heterocycles. The average molecular weight is 220 g/mol. The van der Waals surface area contributed by atoms with E-state index >= 15 is 0 Å². The van der Waals surface area contributed by atoms with Crippen molar-refractivity contribution in [2.75, 3.05) is 11.4 Å². The van der Waals surface area contributed by atoms with Crippen molar-refractivity contribution in [1.82, 2.24) is 9.97 Å². The molecule has 88 valence electrons. The fourth-order valence-electron chi connectivity index (χ4n) is 2.22. The molecule has 4 heteroatoms. The molecule has 1 saturated heterocycles. The minimum atomic E-state index is 0.506. The molecule has 0 bridgehead atoms. The van der Waals surface area contributed by atoms with Crippen LogP contribution in [0.25, 0.3) is 0 Å². The van der Waals surface area contributed by atoms with Crippen LogP contribution in [-0.4, -0.2) is 22.6 Å². The highest BCUT2D eigenvalue weighted by atomic mass is 15.3. The monoisotopic (exact) mass is 220 g/mol. The summed E-state index contributed by atoms with van der Waals surface area (Å²) in [4.78, 5) is 11.1. The SMILES string of the molecule is CC1CCCN(c2ncc(CN)cn2)C1C. The van der Waals surface area contributed by atoms with Crippen LogP contribution in [0.2, 0.25) is 0 Å². The lowest BCUT2D eigenvalue weighted by Crippen LogP contribution is -2.43. The number of piperidine rings is 1. The van der Waals surface area contributed by atoms with Gasteiger partial charge in [-0.1, -0.05) is 6.92 Å². The van der Waals surface area contributed by atoms with Crippen molar-refractivity contribution in [2.45, 2.75) is 39.3 Å². The first-order valence-corrected chi connectivity index (χ1v) is 6.00. The molecule has 1 aromatic rings. The van der Waals surface area contributed by atoms with Crippen molar-refractivity contribution in [3.05, 3.63) is 18.0 Å². The summed E-state index contributed by atoms with van der Waals surface area (Å²) < 4.78 is 0. The van der Waals surface area contributed by atoms with E-state index in [1.807, 2.05) is 12.4 Å². The summed E-state index contributed by atoms with van der Waals surface area (Å²) in [6, 6.07) is 0.525. The standard InChI is InChI=1S/C12H20N4/c1-9-4-3-5-16(10(9)2)12-14-7-11(6-13)8-15-12/h7-10H,3-6,13H2,1-2H3. The van der Waals surface area contributed by atoms with E-state index < -0.39 is 0 Å². The van der Waals surface area contributed by atoms with Gasteiger partial charge in [-0.3, -0.25) is 0 Å². The maximum absolute atomic E-state index is 5.53. The number of hydrogen-bond donors (Lipinski definition) is 1. The zero-order valence-electron chi connectivity index (χ0n) is 10.1. The van der Waals surface area contributed by atoms with E-state index in [2.05, 4.69) is 28.7 Å². The molecule has 2 rings (SSSR count). The van der Waals surface area contributed by atoms with E-state index in [4.69, 9.17) is 5.73 Å². The van der Waals surface area contributed by atoms with Gasteiger partial charge in [-0.15, -0.1) is 0 Å². The Kier molecular flexibility index (Phi) is 3.39. The van der Waals surface area contributed by atoms with Crippen LogP contribution in [0.1, 0.15) is 32.3 Å². The molecule has 1 aliphatic heterocycles. The molecule has 1 aliphatic rings. The number of anilines is 1. The summed E-state index contributed by atoms with van der Waals surface area (Å²) in [7, 11) is 0. The Bertz CT molecular complexity index is 335. The second-order valence-corrected chi connectivity index (χ2v) is 4.65. The Balaban J connectivity index is 2.15. The third kappa shape index (κ3) is 2.16. The molecule has 2 atom stereocenters. The third-order valence-electron chi connectivity index (χ3n) is 3.56. The van der Waals surface area contributed by atoms with E-state index in [1.54, 1.807) is 0 Å². The molecule has 4 nitrogen and oxygen atoms in total. The van der Waals surface area contributed by atoms with Gasteiger partial charge in [0.05, 0.1) is 0 Å². The van der Waals surface area contributed by atoms with Crippen molar-refractivity contribution < 1.29 is 0 Å². The average Bonchev–Trinajstić information content (AvgIpc) is 2.33. The molecule has 1 fully saturated rings. The highest BCUT2D eigenvalue weighted by Crippen LogP contribution is 2.25. The summed E-state index contributed by atoms with van der Waals surface area (Å²) in [5.41, 5.74) is 6.52. The van der Waals surface area contributed by atoms with Crippen molar-refractivity contribution in [2.24, 2.45) is 11.7 Å². The van der Waals surface area contributed by atoms with Crippen LogP contribution in [0.3, 0.4) is 0 Å². The second-order valence-electron chi connectivity index (χ2n) is 4.65. The molecule has 2 unspecified atom stereocenters. The van der Waals surface area contributed by atoms with Crippen LogP contribution in [0.15, 0.2) is 12.4 Å². The molecule has 16 heavy (non-hydrogen) atoms. The first-order valence-electron chi connectivity index (χ1n) is 6.00. The van der Waals surface area contributed by atoms with Crippen LogP contribution < -0.4 is 10.6 Å². The summed E-state index contributed by atoms with van der Waals surface area (Å²) >= 11 is 0. The molecule has 2 N–H and O–H groups in total. The fourth-order valence-corrected chi connectivity index (χ4v) is 2.22. The molecular formula is C12H20N4. The van der Waals surface area contributed by atoms with Crippen LogP contribution in [0, 0.1) is 5.92 Å². The van der Waals surface area contributed by atoms with Crippen LogP contribution >= 0.6 is 0 Å². The number of aromatic nitrogens is 2. The first kappa shape index (κ1) is 11.3. The lowest BCUT2D eigenvalue weighted by molar-refractivity contribution is 0.359. The van der Waals surface area contributed by atoms with E-state index in [1.165, 1.54) is 12.8 Å². The van der Waals surface area contributed by atoms with Crippen molar-refractivity contribution in [3.8, 4) is 0 Å². The van der Waals surface area contributed by atoms with Crippen LogP contribution in [-0.2, 0) is 6.54 Å². The maximum Gasteiger partial charge on any atom is 0.225 e. The minimum absolute atomic E-state index is 0.506. The fraction of sp³-hybridized carbons (Fsp3) is 0.667. The lowest BCUT2D eigenvalue weighted by atomic mass is 9.92. The first-order chi connectivity index (χ1) is 7.72. The highest BCUT2D eigenvalue weighted by molar-refractivity contribution is 5.32. The van der Waals surface area contributed by atoms with Gasteiger partial charge in [0.25, 0.3) is 0 Å². The zero-order chi connectivity index (χ0) is 11.5. The van der Waals surface area contributed by atoms with E-state index in [0.29, 0.717) is 18.5 Å². The van der Waals surface area contributed by atoms with E-state index in [9.17, 15) is 0 Å². The highest BCUT2D eigenvalue weighted by Gasteiger charge is 2.26. The van der Waals surface area contributed by atoms with Gasteiger partial charge in [0.1, 0.15) is 0 Å². The van der Waals surface area contributed by atoms with Crippen molar-refractivity contribution >= 4 is 5.95 Å². The van der Waals surface area contributed by atoms with Gasteiger partial charge >= 0.3 is 0 Å². The second kappa shape index (κ2) is 4.78. The Morgan fingerprint density at radius 1 is 1.38 bits per heavy atom. The molecule has 0 aromatic carbocycles. The topological polar surface area (TPSA) is 55.0 Å². The Hall–Kier alpha value is -1.16. The largest absolute Gasteiger partial charge is 0.338 e. The minimum Gasteiger partial charge on any atom is -0.338 e. The third-order valence-corrected chi connectivity index (χ3v) is 3.56. The number of nitrogens with two attached hydrogens (primary N) is 1. The van der Waals surface area contributed by atoms with Crippen molar-refractivity contribution in [3.63, 3.8) is 0 Å². The predicted octanol–water partition coefficient (Wildman–Crippen LogP) is 1.56. The van der Waals surface area contributed by atoms with Gasteiger partial charge in [0, 0.05) is 37.1 Å². The van der Waals surface area contributed by atoms with Crippen LogP contribution in [0.4, 0.5) is 5.95 Å². The molecular weight excluding hydrogens is 200 g/mol. The summed E-state index contributed by atoms with van der Waals surface area (Å²) in [6.07, 6.45) is 6.19. The molecule has 0 saturated carbocycles. The molecule has 1 aromatic heterocycles. The van der Waals surface area contributed by atoms with Gasteiger partial charge in [-0.25, -0.2) is 9.97 Å². The Morgan fingerprint density at radius 3 is 2.69 bits per heavy atom. The van der Waals surface area contributed by atoms with Gasteiger partial charge < -0.3 is 10.6 Å². The van der Waals surface area contributed by atoms with Gasteiger partial charge in [0.15, 0.2) is 0 Å². The summed E-state index contributed by atoms with van der Waals surface area (Å²) in [5.74, 6) is 1.56. The molecule has 0 spiro atoms. The van der Waals surface area contributed by atoms with Crippen molar-refractivity contribution in [1.29, 1.82) is 0 Å². The van der Waals surface area contributed by atoms with Gasteiger partial charge in [-0.05, 0) is 25.7 Å². The summed E-state index contributed by atoms with van der Waals surface area (Å²) in [6.45, 7) is 6.12. The Labute approximate surface area is 96.9 Å². The predicted molar refractivity (Wildman–Crippen MR) is 65.1 cm³/mol.